The second-order valence-corrected chi connectivity index (χ2v) is 7.55. The SMILES string of the molecule is C=CC1=CCC2(Cl)C(=O)N(CBr)C(=O)C2(Cl)C1c1cccc(O)c1. The van der Waals surface area contributed by atoms with Crippen LogP contribution >= 0.6 is 39.1 Å². The molecule has 0 radical (unpaired) electrons. The van der Waals surface area contributed by atoms with Crippen molar-refractivity contribution in [1.29, 1.82) is 0 Å². The molecule has 126 valence electrons. The molecule has 3 unspecified atom stereocenters. The Hall–Kier alpha value is -1.30. The fourth-order valence-corrected chi connectivity index (χ4v) is 4.79. The normalized spacial score (nSPS) is 32.5. The maximum atomic E-state index is 13.0. The minimum absolute atomic E-state index is 0.0176. The summed E-state index contributed by atoms with van der Waals surface area (Å²) in [6, 6.07) is 6.43. The third-order valence-corrected chi connectivity index (χ3v) is 6.54. The summed E-state index contributed by atoms with van der Waals surface area (Å²) < 4.78 is 0. The maximum absolute atomic E-state index is 13.0. The smallest absolute Gasteiger partial charge is 0.254 e. The number of imide groups is 1. The first kappa shape index (κ1) is 17.5. The molecule has 1 saturated heterocycles. The molecule has 0 spiro atoms. The average molecular weight is 431 g/mol. The van der Waals surface area contributed by atoms with Crippen LogP contribution in [0.15, 0.2) is 48.6 Å². The van der Waals surface area contributed by atoms with Gasteiger partial charge in [0.05, 0.1) is 5.45 Å². The van der Waals surface area contributed by atoms with Gasteiger partial charge in [-0.25, -0.2) is 0 Å². The van der Waals surface area contributed by atoms with E-state index >= 15 is 0 Å². The number of rotatable bonds is 3. The molecule has 1 aromatic carbocycles. The number of phenols is 1. The molecule has 4 nitrogen and oxygen atoms in total. The van der Waals surface area contributed by atoms with Crippen LogP contribution in [-0.2, 0) is 9.59 Å². The molecule has 24 heavy (non-hydrogen) atoms. The number of nitrogens with zero attached hydrogens (tertiary/aromatic N) is 1. The number of carbonyl (C=O) groups is 2. The highest BCUT2D eigenvalue weighted by Crippen LogP contribution is 2.59. The zero-order chi connectivity index (χ0) is 17.7. The summed E-state index contributed by atoms with van der Waals surface area (Å²) in [5.41, 5.74) is 1.31. The highest BCUT2D eigenvalue weighted by atomic mass is 79.9. The van der Waals surface area contributed by atoms with Crippen LogP contribution in [-0.4, -0.2) is 37.0 Å². The highest BCUT2D eigenvalue weighted by molar-refractivity contribution is 9.09. The number of aromatic hydroxyl groups is 1. The molecule has 1 aliphatic carbocycles. The summed E-state index contributed by atoms with van der Waals surface area (Å²) in [7, 11) is 0. The van der Waals surface area contributed by atoms with E-state index in [1.54, 1.807) is 24.3 Å². The molecule has 2 amide bonds. The lowest BCUT2D eigenvalue weighted by Gasteiger charge is -2.42. The predicted molar refractivity (Wildman–Crippen MR) is 96.6 cm³/mol. The van der Waals surface area contributed by atoms with Gasteiger partial charge in [0.1, 0.15) is 5.75 Å². The number of hydrogen-bond acceptors (Lipinski definition) is 3. The van der Waals surface area contributed by atoms with Gasteiger partial charge in [-0.05, 0) is 29.7 Å². The minimum atomic E-state index is -1.69. The van der Waals surface area contributed by atoms with Crippen LogP contribution in [0.2, 0.25) is 0 Å². The second-order valence-electron chi connectivity index (χ2n) is 5.81. The molecule has 7 heteroatoms. The van der Waals surface area contributed by atoms with Crippen molar-refractivity contribution in [2.45, 2.75) is 22.1 Å². The van der Waals surface area contributed by atoms with E-state index in [-0.39, 0.29) is 17.6 Å². The van der Waals surface area contributed by atoms with E-state index in [4.69, 9.17) is 23.2 Å². The van der Waals surface area contributed by atoms with E-state index in [0.29, 0.717) is 11.1 Å². The molecular formula is C17H14BrCl2NO3. The van der Waals surface area contributed by atoms with Crippen molar-refractivity contribution in [3.63, 3.8) is 0 Å². The molecule has 1 aromatic rings. The van der Waals surface area contributed by atoms with E-state index in [1.807, 2.05) is 0 Å². The Kier molecular flexibility index (Phi) is 4.31. The second kappa shape index (κ2) is 5.90. The first-order valence-electron chi connectivity index (χ1n) is 7.23. The van der Waals surface area contributed by atoms with Gasteiger partial charge in [-0.15, -0.1) is 23.2 Å². The number of allylic oxidation sites excluding steroid dienone is 3. The van der Waals surface area contributed by atoms with Crippen LogP contribution in [0.25, 0.3) is 0 Å². The van der Waals surface area contributed by atoms with Gasteiger partial charge in [0, 0.05) is 5.92 Å². The van der Waals surface area contributed by atoms with Crippen LogP contribution in [0.4, 0.5) is 0 Å². The molecule has 1 heterocycles. The van der Waals surface area contributed by atoms with Crippen LogP contribution < -0.4 is 0 Å². The third-order valence-electron chi connectivity index (χ3n) is 4.63. The largest absolute Gasteiger partial charge is 0.508 e. The lowest BCUT2D eigenvalue weighted by molar-refractivity contribution is -0.138. The molecule has 1 fully saturated rings. The predicted octanol–water partition coefficient (Wildman–Crippen LogP) is 3.67. The van der Waals surface area contributed by atoms with Crippen LogP contribution in [0.5, 0.6) is 5.75 Å². The van der Waals surface area contributed by atoms with E-state index < -0.39 is 27.5 Å². The Labute approximate surface area is 157 Å². The van der Waals surface area contributed by atoms with E-state index in [9.17, 15) is 14.7 Å². The standard InChI is InChI=1S/C17H14BrCl2NO3/c1-2-10-6-7-16(19)14(23)21(9-18)15(24)17(16,20)13(10)11-4-3-5-12(22)8-11/h2-6,8,13,22H,1,7,9H2. The summed E-state index contributed by atoms with van der Waals surface area (Å²) >= 11 is 16.6. The molecule has 0 bridgehead atoms. The monoisotopic (exact) mass is 429 g/mol. The number of fused-ring (bicyclic) bond motifs is 1. The Balaban J connectivity index is 2.27. The van der Waals surface area contributed by atoms with Crippen LogP contribution in [0.1, 0.15) is 17.9 Å². The Morgan fingerprint density at radius 1 is 1.38 bits per heavy atom. The summed E-state index contributed by atoms with van der Waals surface area (Å²) in [4.78, 5) is 23.4. The number of carbonyl (C=O) groups excluding carboxylic acids is 2. The lowest BCUT2D eigenvalue weighted by atomic mass is 9.68. The van der Waals surface area contributed by atoms with Gasteiger partial charge in [0.25, 0.3) is 11.8 Å². The van der Waals surface area contributed by atoms with Gasteiger partial charge >= 0.3 is 0 Å². The zero-order valence-corrected chi connectivity index (χ0v) is 15.6. The van der Waals surface area contributed by atoms with Gasteiger partial charge in [0.2, 0.25) is 0 Å². The number of amides is 2. The van der Waals surface area contributed by atoms with E-state index in [2.05, 4.69) is 22.5 Å². The van der Waals surface area contributed by atoms with Gasteiger partial charge in [-0.2, -0.15) is 0 Å². The number of halogens is 3. The summed E-state index contributed by atoms with van der Waals surface area (Å²) in [6.07, 6.45) is 3.50. The van der Waals surface area contributed by atoms with Crippen molar-refractivity contribution in [1.82, 2.24) is 4.90 Å². The van der Waals surface area contributed by atoms with Gasteiger partial charge in [-0.3, -0.25) is 14.5 Å². The molecule has 3 atom stereocenters. The summed E-state index contributed by atoms with van der Waals surface area (Å²) in [5, 5.41) is 9.82. The number of alkyl halides is 3. The number of likely N-dealkylation sites (tertiary alicyclic amines) is 1. The molecule has 1 aliphatic heterocycles. The summed E-state index contributed by atoms with van der Waals surface area (Å²) in [5.74, 6) is -1.74. The topological polar surface area (TPSA) is 57.6 Å². The maximum Gasteiger partial charge on any atom is 0.254 e. The van der Waals surface area contributed by atoms with Crippen molar-refractivity contribution >= 4 is 50.9 Å². The van der Waals surface area contributed by atoms with Gasteiger partial charge in [0.15, 0.2) is 9.75 Å². The molecule has 1 N–H and O–H groups in total. The first-order chi connectivity index (χ1) is 11.3. The molecule has 0 saturated carbocycles. The van der Waals surface area contributed by atoms with Crippen molar-refractivity contribution in [3.05, 3.63) is 54.1 Å². The van der Waals surface area contributed by atoms with E-state index in [0.717, 1.165) is 4.90 Å². The van der Waals surface area contributed by atoms with Crippen LogP contribution in [0.3, 0.4) is 0 Å². The Bertz CT molecular complexity index is 781. The summed E-state index contributed by atoms with van der Waals surface area (Å²) in [6.45, 7) is 3.78. The van der Waals surface area contributed by atoms with E-state index in [1.165, 1.54) is 12.1 Å². The fraction of sp³-hybridized carbons (Fsp3) is 0.294. The highest BCUT2D eigenvalue weighted by Gasteiger charge is 2.72. The molecule has 3 rings (SSSR count). The average Bonchev–Trinajstić information content (AvgIpc) is 2.71. The molecule has 0 aromatic heterocycles. The first-order valence-corrected chi connectivity index (χ1v) is 9.10. The third kappa shape index (κ3) is 2.11. The fourth-order valence-electron chi connectivity index (χ4n) is 3.46. The van der Waals surface area contributed by atoms with Crippen molar-refractivity contribution in [2.24, 2.45) is 0 Å². The lowest BCUT2D eigenvalue weighted by Crippen LogP contribution is -2.54. The van der Waals surface area contributed by atoms with Crippen molar-refractivity contribution in [2.75, 3.05) is 5.45 Å². The Morgan fingerprint density at radius 3 is 2.67 bits per heavy atom. The molecule has 2 aliphatic rings. The Morgan fingerprint density at radius 2 is 2.08 bits per heavy atom. The van der Waals surface area contributed by atoms with Crippen molar-refractivity contribution in [3.8, 4) is 5.75 Å². The van der Waals surface area contributed by atoms with Gasteiger partial charge < -0.3 is 5.11 Å². The number of phenolic OH excluding ortho intramolecular Hbond substituents is 1. The molecular weight excluding hydrogens is 417 g/mol. The minimum Gasteiger partial charge on any atom is -0.508 e. The van der Waals surface area contributed by atoms with Crippen LogP contribution in [0, 0.1) is 0 Å². The number of hydrogen-bond donors (Lipinski definition) is 1. The van der Waals surface area contributed by atoms with Crippen molar-refractivity contribution < 1.29 is 14.7 Å². The van der Waals surface area contributed by atoms with Gasteiger partial charge in [-0.1, -0.05) is 46.8 Å². The quantitative estimate of drug-likeness (QED) is 0.452. The number of benzene rings is 1. The zero-order valence-electron chi connectivity index (χ0n) is 12.5.